The quantitative estimate of drug-likeness (QED) is 0.857. The van der Waals surface area contributed by atoms with Crippen LogP contribution in [0.3, 0.4) is 0 Å². The van der Waals surface area contributed by atoms with E-state index < -0.39 is 17.7 Å². The van der Waals surface area contributed by atoms with E-state index in [1.54, 1.807) is 12.4 Å². The van der Waals surface area contributed by atoms with E-state index in [9.17, 15) is 8.78 Å². The van der Waals surface area contributed by atoms with E-state index in [1.165, 1.54) is 18.2 Å². The minimum atomic E-state index is -0.535. The highest BCUT2D eigenvalue weighted by molar-refractivity contribution is 5.24. The van der Waals surface area contributed by atoms with Gasteiger partial charge in [-0.3, -0.25) is 0 Å². The lowest BCUT2D eigenvalue weighted by Gasteiger charge is -2.18. The van der Waals surface area contributed by atoms with Crippen molar-refractivity contribution in [2.45, 2.75) is 19.4 Å². The summed E-state index contributed by atoms with van der Waals surface area (Å²) in [6.07, 6.45) is 3.73. The number of nitrogens with one attached hydrogen (secondary N) is 2. The second-order valence-corrected chi connectivity index (χ2v) is 3.99. The predicted octanol–water partition coefficient (Wildman–Crippen LogP) is 2.58. The molecule has 1 unspecified atom stereocenters. The first-order chi connectivity index (χ1) is 8.72. The van der Waals surface area contributed by atoms with Crippen LogP contribution in [0.25, 0.3) is 0 Å². The minimum Gasteiger partial charge on any atom is -0.349 e. The summed E-state index contributed by atoms with van der Waals surface area (Å²) in [5.74, 6) is -0.372. The number of nitrogens with zero attached hydrogens (tertiary/aromatic N) is 1. The molecule has 2 aromatic rings. The van der Waals surface area contributed by atoms with Crippen LogP contribution in [0.5, 0.6) is 0 Å². The summed E-state index contributed by atoms with van der Waals surface area (Å²) < 4.78 is 27.5. The number of benzene rings is 1. The van der Waals surface area contributed by atoms with Gasteiger partial charge in [-0.25, -0.2) is 13.8 Å². The third-order valence-corrected chi connectivity index (χ3v) is 2.75. The fraction of sp³-hybridized carbons (Fsp3) is 0.308. The first kappa shape index (κ1) is 12.7. The second kappa shape index (κ2) is 5.73. The molecule has 96 valence electrons. The average Bonchev–Trinajstić information content (AvgIpc) is 2.82. The van der Waals surface area contributed by atoms with Crippen LogP contribution in [-0.4, -0.2) is 16.5 Å². The van der Waals surface area contributed by atoms with Gasteiger partial charge in [-0.2, -0.15) is 0 Å². The van der Waals surface area contributed by atoms with Gasteiger partial charge in [0.25, 0.3) is 0 Å². The molecule has 1 heterocycles. The van der Waals surface area contributed by atoms with Gasteiger partial charge in [0.1, 0.15) is 17.5 Å². The topological polar surface area (TPSA) is 40.7 Å². The van der Waals surface area contributed by atoms with Crippen molar-refractivity contribution in [3.05, 3.63) is 53.6 Å². The molecule has 0 fully saturated rings. The van der Waals surface area contributed by atoms with Gasteiger partial charge in [0.2, 0.25) is 0 Å². The highest BCUT2D eigenvalue weighted by Gasteiger charge is 2.20. The fourth-order valence-electron chi connectivity index (χ4n) is 1.97. The lowest BCUT2D eigenvalue weighted by atomic mass is 10.0. The lowest BCUT2D eigenvalue weighted by molar-refractivity contribution is 0.468. The van der Waals surface area contributed by atoms with Crippen LogP contribution >= 0.6 is 0 Å². The Balaban J connectivity index is 2.29. The van der Waals surface area contributed by atoms with Crippen LogP contribution in [0.2, 0.25) is 0 Å². The molecule has 0 amide bonds. The van der Waals surface area contributed by atoms with Crippen molar-refractivity contribution in [3.8, 4) is 0 Å². The zero-order valence-electron chi connectivity index (χ0n) is 10.1. The van der Waals surface area contributed by atoms with Crippen LogP contribution in [-0.2, 0) is 6.42 Å². The molecule has 0 aliphatic carbocycles. The highest BCUT2D eigenvalue weighted by Crippen LogP contribution is 2.23. The molecule has 2 rings (SSSR count). The van der Waals surface area contributed by atoms with Gasteiger partial charge < -0.3 is 10.3 Å². The lowest BCUT2D eigenvalue weighted by Crippen LogP contribution is -2.25. The van der Waals surface area contributed by atoms with Gasteiger partial charge in [-0.1, -0.05) is 13.0 Å². The Bertz CT molecular complexity index is 477. The molecular formula is C13H15F2N3. The highest BCUT2D eigenvalue weighted by atomic mass is 19.1. The van der Waals surface area contributed by atoms with E-state index in [2.05, 4.69) is 15.3 Å². The molecule has 0 saturated heterocycles. The SMILES string of the molecule is CCNC(Cc1ncc[nH]1)c1c(F)cccc1F. The standard InChI is InChI=1S/C13H15F2N3/c1-2-16-11(8-12-17-6-7-18-12)13-9(14)4-3-5-10(13)15/h3-7,11,16H,2,8H2,1H3,(H,17,18). The summed E-state index contributed by atoms with van der Waals surface area (Å²) in [5, 5.41) is 3.08. The number of halogens is 2. The smallest absolute Gasteiger partial charge is 0.130 e. The van der Waals surface area contributed by atoms with Crippen LogP contribution < -0.4 is 5.32 Å². The van der Waals surface area contributed by atoms with Crippen molar-refractivity contribution >= 4 is 0 Å². The zero-order chi connectivity index (χ0) is 13.0. The molecule has 0 bridgehead atoms. The Kier molecular flexibility index (Phi) is 4.04. The predicted molar refractivity (Wildman–Crippen MR) is 65.1 cm³/mol. The number of aromatic amines is 1. The normalized spacial score (nSPS) is 12.6. The zero-order valence-corrected chi connectivity index (χ0v) is 10.1. The van der Waals surface area contributed by atoms with Crippen molar-refractivity contribution in [2.75, 3.05) is 6.54 Å². The molecule has 2 N–H and O–H groups in total. The molecule has 0 aliphatic rings. The van der Waals surface area contributed by atoms with Crippen molar-refractivity contribution in [3.63, 3.8) is 0 Å². The monoisotopic (exact) mass is 251 g/mol. The first-order valence-corrected chi connectivity index (χ1v) is 5.88. The van der Waals surface area contributed by atoms with Crippen molar-refractivity contribution in [1.29, 1.82) is 0 Å². The van der Waals surface area contributed by atoms with E-state index in [0.29, 0.717) is 18.8 Å². The Morgan fingerprint density at radius 1 is 1.33 bits per heavy atom. The van der Waals surface area contributed by atoms with Gasteiger partial charge in [-0.15, -0.1) is 0 Å². The molecule has 3 nitrogen and oxygen atoms in total. The van der Waals surface area contributed by atoms with Gasteiger partial charge in [-0.05, 0) is 18.7 Å². The Hall–Kier alpha value is -1.75. The first-order valence-electron chi connectivity index (χ1n) is 5.88. The summed E-state index contributed by atoms with van der Waals surface area (Å²) in [6, 6.07) is 3.47. The minimum absolute atomic E-state index is 0.0655. The van der Waals surface area contributed by atoms with E-state index in [-0.39, 0.29) is 5.56 Å². The Morgan fingerprint density at radius 2 is 2.06 bits per heavy atom. The maximum atomic E-state index is 13.7. The summed E-state index contributed by atoms with van der Waals surface area (Å²) in [4.78, 5) is 7.02. The fourth-order valence-corrected chi connectivity index (χ4v) is 1.97. The third kappa shape index (κ3) is 2.73. The van der Waals surface area contributed by atoms with Crippen LogP contribution in [0.4, 0.5) is 8.78 Å². The molecule has 0 radical (unpaired) electrons. The van der Waals surface area contributed by atoms with Crippen LogP contribution in [0.15, 0.2) is 30.6 Å². The third-order valence-electron chi connectivity index (χ3n) is 2.75. The number of hydrogen-bond donors (Lipinski definition) is 2. The Morgan fingerprint density at radius 3 is 2.61 bits per heavy atom. The van der Waals surface area contributed by atoms with E-state index >= 15 is 0 Å². The van der Waals surface area contributed by atoms with E-state index in [1.807, 2.05) is 6.92 Å². The number of rotatable bonds is 5. The molecule has 1 aromatic carbocycles. The average molecular weight is 251 g/mol. The molecule has 18 heavy (non-hydrogen) atoms. The molecule has 5 heteroatoms. The number of H-pyrrole nitrogens is 1. The molecule has 0 saturated carbocycles. The van der Waals surface area contributed by atoms with Crippen molar-refractivity contribution in [1.82, 2.24) is 15.3 Å². The van der Waals surface area contributed by atoms with E-state index in [0.717, 1.165) is 0 Å². The maximum Gasteiger partial charge on any atom is 0.130 e. The van der Waals surface area contributed by atoms with E-state index in [4.69, 9.17) is 0 Å². The Labute approximate surface area is 104 Å². The molecule has 1 aromatic heterocycles. The summed E-state index contributed by atoms with van der Waals surface area (Å²) >= 11 is 0. The number of aromatic nitrogens is 2. The summed E-state index contributed by atoms with van der Waals surface area (Å²) in [7, 11) is 0. The number of hydrogen-bond acceptors (Lipinski definition) is 2. The molecule has 1 atom stereocenters. The van der Waals surface area contributed by atoms with Crippen LogP contribution in [0.1, 0.15) is 24.4 Å². The largest absolute Gasteiger partial charge is 0.349 e. The van der Waals surface area contributed by atoms with Gasteiger partial charge in [0.05, 0.1) is 0 Å². The molecule has 0 aliphatic heterocycles. The van der Waals surface area contributed by atoms with Gasteiger partial charge in [0, 0.05) is 30.4 Å². The van der Waals surface area contributed by atoms with Crippen LogP contribution in [0, 0.1) is 11.6 Å². The second-order valence-electron chi connectivity index (χ2n) is 3.99. The molecule has 0 spiro atoms. The van der Waals surface area contributed by atoms with Crippen molar-refractivity contribution < 1.29 is 8.78 Å². The summed E-state index contributed by atoms with van der Waals surface area (Å²) in [6.45, 7) is 2.52. The summed E-state index contributed by atoms with van der Waals surface area (Å²) in [5.41, 5.74) is 0.0655. The van der Waals surface area contributed by atoms with Gasteiger partial charge in [0.15, 0.2) is 0 Å². The number of likely N-dealkylation sites (N-methyl/N-ethyl adjacent to an activating group) is 1. The maximum absolute atomic E-state index is 13.7. The van der Waals surface area contributed by atoms with Crippen molar-refractivity contribution in [2.24, 2.45) is 0 Å². The molecular weight excluding hydrogens is 236 g/mol. The van der Waals surface area contributed by atoms with Gasteiger partial charge >= 0.3 is 0 Å². The number of imidazole rings is 1.